The molecular weight excluding hydrogens is 307 g/mol. The summed E-state index contributed by atoms with van der Waals surface area (Å²) in [5, 5.41) is 4.22. The van der Waals surface area contributed by atoms with Gasteiger partial charge >= 0.3 is 0 Å². The lowest BCUT2D eigenvalue weighted by atomic mass is 10.0. The van der Waals surface area contributed by atoms with Crippen molar-refractivity contribution < 1.29 is 9.13 Å². The van der Waals surface area contributed by atoms with Gasteiger partial charge in [-0.15, -0.1) is 0 Å². The predicted molar refractivity (Wildman–Crippen MR) is 91.3 cm³/mol. The molecule has 0 radical (unpaired) electrons. The molecule has 0 aliphatic carbocycles. The van der Waals surface area contributed by atoms with Crippen LogP contribution in [0.4, 0.5) is 4.39 Å². The third-order valence-corrected chi connectivity index (χ3v) is 3.82. The van der Waals surface area contributed by atoms with Crippen molar-refractivity contribution in [1.29, 1.82) is 0 Å². The zero-order chi connectivity index (χ0) is 17.1. The molecule has 2 aromatic heterocycles. The van der Waals surface area contributed by atoms with Crippen LogP contribution in [0.15, 0.2) is 42.7 Å². The van der Waals surface area contributed by atoms with Crippen LogP contribution >= 0.6 is 0 Å². The standard InChI is InChI=1S/C18H21FN4O/c1-12(9-13(2)20)11-24-17-4-3-14(10-15(17)19)16-5-7-21-18-6-8-22-23(16)18/h3-8,10,12-13H,9,11,20H2,1-2H3. The van der Waals surface area contributed by atoms with Crippen molar-refractivity contribution >= 4 is 5.65 Å². The summed E-state index contributed by atoms with van der Waals surface area (Å²) in [6.45, 7) is 4.44. The average molecular weight is 328 g/mol. The normalized spacial score (nSPS) is 13.8. The van der Waals surface area contributed by atoms with Gasteiger partial charge in [-0.1, -0.05) is 6.92 Å². The molecule has 1 aromatic carbocycles. The number of nitrogens with two attached hydrogens (primary N) is 1. The Bertz CT molecular complexity index is 831. The summed E-state index contributed by atoms with van der Waals surface area (Å²) in [6, 6.07) is 8.66. The average Bonchev–Trinajstić information content (AvgIpc) is 3.01. The zero-order valence-corrected chi connectivity index (χ0v) is 13.8. The van der Waals surface area contributed by atoms with Crippen LogP contribution < -0.4 is 10.5 Å². The number of benzene rings is 1. The summed E-state index contributed by atoms with van der Waals surface area (Å²) in [7, 11) is 0. The Hall–Kier alpha value is -2.47. The van der Waals surface area contributed by atoms with Crippen molar-refractivity contribution in [2.45, 2.75) is 26.3 Å². The van der Waals surface area contributed by atoms with E-state index in [2.05, 4.69) is 10.1 Å². The highest BCUT2D eigenvalue weighted by Crippen LogP contribution is 2.26. The Morgan fingerprint density at radius 3 is 2.79 bits per heavy atom. The second kappa shape index (κ2) is 6.97. The van der Waals surface area contributed by atoms with Gasteiger partial charge in [0, 0.05) is 23.9 Å². The third-order valence-electron chi connectivity index (χ3n) is 3.82. The van der Waals surface area contributed by atoms with E-state index in [4.69, 9.17) is 10.5 Å². The fourth-order valence-corrected chi connectivity index (χ4v) is 2.77. The van der Waals surface area contributed by atoms with Gasteiger partial charge in [0.25, 0.3) is 0 Å². The molecule has 6 heteroatoms. The molecule has 0 saturated heterocycles. The van der Waals surface area contributed by atoms with Gasteiger partial charge in [-0.05, 0) is 43.5 Å². The van der Waals surface area contributed by atoms with Gasteiger partial charge in [0.1, 0.15) is 0 Å². The Labute approximate surface area is 140 Å². The summed E-state index contributed by atoms with van der Waals surface area (Å²) in [6.07, 6.45) is 4.19. The molecule has 0 saturated carbocycles. The second-order valence-corrected chi connectivity index (χ2v) is 6.21. The van der Waals surface area contributed by atoms with E-state index in [-0.39, 0.29) is 17.7 Å². The minimum atomic E-state index is -0.391. The van der Waals surface area contributed by atoms with Crippen LogP contribution in [0.5, 0.6) is 5.75 Å². The van der Waals surface area contributed by atoms with E-state index >= 15 is 0 Å². The lowest BCUT2D eigenvalue weighted by Crippen LogP contribution is -2.21. The van der Waals surface area contributed by atoms with Crippen LogP contribution in [0.1, 0.15) is 20.3 Å². The lowest BCUT2D eigenvalue weighted by molar-refractivity contribution is 0.237. The number of aromatic nitrogens is 3. The Kier molecular flexibility index (Phi) is 4.76. The summed E-state index contributed by atoms with van der Waals surface area (Å²) < 4.78 is 21.7. The third kappa shape index (κ3) is 3.54. The summed E-state index contributed by atoms with van der Waals surface area (Å²) in [5.41, 5.74) is 7.99. The Morgan fingerprint density at radius 2 is 2.04 bits per heavy atom. The van der Waals surface area contributed by atoms with Crippen molar-refractivity contribution in [2.24, 2.45) is 11.7 Å². The first kappa shape index (κ1) is 16.4. The zero-order valence-electron chi connectivity index (χ0n) is 13.8. The van der Waals surface area contributed by atoms with E-state index in [1.54, 1.807) is 35.1 Å². The van der Waals surface area contributed by atoms with Crippen LogP contribution in [-0.2, 0) is 0 Å². The first-order valence-corrected chi connectivity index (χ1v) is 8.01. The number of hydrogen-bond donors (Lipinski definition) is 1. The molecule has 126 valence electrons. The highest BCUT2D eigenvalue weighted by Gasteiger charge is 2.12. The van der Waals surface area contributed by atoms with Crippen molar-refractivity contribution in [3.63, 3.8) is 0 Å². The SMILES string of the molecule is CC(N)CC(C)COc1ccc(-c2ccnc3ccnn23)cc1F. The largest absolute Gasteiger partial charge is 0.490 e. The predicted octanol–water partition coefficient (Wildman–Crippen LogP) is 3.29. The van der Waals surface area contributed by atoms with Crippen molar-refractivity contribution in [3.05, 3.63) is 48.5 Å². The van der Waals surface area contributed by atoms with Gasteiger partial charge in [0.2, 0.25) is 0 Å². The van der Waals surface area contributed by atoms with E-state index in [0.29, 0.717) is 6.61 Å². The second-order valence-electron chi connectivity index (χ2n) is 6.21. The van der Waals surface area contributed by atoms with Crippen molar-refractivity contribution in [3.8, 4) is 17.0 Å². The van der Waals surface area contributed by atoms with Gasteiger partial charge in [-0.3, -0.25) is 0 Å². The smallest absolute Gasteiger partial charge is 0.165 e. The molecule has 2 atom stereocenters. The number of fused-ring (bicyclic) bond motifs is 1. The fourth-order valence-electron chi connectivity index (χ4n) is 2.77. The summed E-state index contributed by atoms with van der Waals surface area (Å²) in [4.78, 5) is 4.21. The monoisotopic (exact) mass is 328 g/mol. The minimum absolute atomic E-state index is 0.110. The number of nitrogens with zero attached hydrogens (tertiary/aromatic N) is 3. The van der Waals surface area contributed by atoms with Crippen LogP contribution in [0.3, 0.4) is 0 Å². The Morgan fingerprint density at radius 1 is 1.21 bits per heavy atom. The first-order valence-electron chi connectivity index (χ1n) is 8.01. The first-order chi connectivity index (χ1) is 11.5. The molecule has 0 fully saturated rings. The molecule has 2 N–H and O–H groups in total. The Balaban J connectivity index is 1.79. The maximum absolute atomic E-state index is 14.4. The highest BCUT2D eigenvalue weighted by molar-refractivity contribution is 5.63. The van der Waals surface area contributed by atoms with Gasteiger partial charge in [0.15, 0.2) is 17.2 Å². The van der Waals surface area contributed by atoms with E-state index in [0.717, 1.165) is 23.3 Å². The molecule has 5 nitrogen and oxygen atoms in total. The van der Waals surface area contributed by atoms with Crippen LogP contribution in [0.25, 0.3) is 16.9 Å². The number of hydrogen-bond acceptors (Lipinski definition) is 4. The topological polar surface area (TPSA) is 65.4 Å². The molecule has 24 heavy (non-hydrogen) atoms. The van der Waals surface area contributed by atoms with Crippen LogP contribution in [0.2, 0.25) is 0 Å². The minimum Gasteiger partial charge on any atom is -0.490 e. The molecule has 0 aliphatic rings. The van der Waals surface area contributed by atoms with Gasteiger partial charge in [-0.25, -0.2) is 13.9 Å². The van der Waals surface area contributed by atoms with Gasteiger partial charge in [0.05, 0.1) is 18.5 Å². The quantitative estimate of drug-likeness (QED) is 0.754. The number of ether oxygens (including phenoxy) is 1. The van der Waals surface area contributed by atoms with E-state index in [1.165, 1.54) is 6.07 Å². The van der Waals surface area contributed by atoms with E-state index in [1.807, 2.05) is 19.9 Å². The number of rotatable bonds is 6. The molecule has 0 amide bonds. The number of halogens is 1. The maximum Gasteiger partial charge on any atom is 0.165 e. The highest BCUT2D eigenvalue weighted by atomic mass is 19.1. The molecule has 0 aliphatic heterocycles. The van der Waals surface area contributed by atoms with Crippen molar-refractivity contribution in [1.82, 2.24) is 14.6 Å². The van der Waals surface area contributed by atoms with E-state index in [9.17, 15) is 4.39 Å². The molecule has 3 rings (SSSR count). The van der Waals surface area contributed by atoms with E-state index < -0.39 is 5.82 Å². The van der Waals surface area contributed by atoms with Gasteiger partial charge < -0.3 is 10.5 Å². The summed E-state index contributed by atoms with van der Waals surface area (Å²) in [5.74, 6) is 0.131. The molecule has 2 unspecified atom stereocenters. The molecule has 2 heterocycles. The van der Waals surface area contributed by atoms with Crippen LogP contribution in [0, 0.1) is 11.7 Å². The molecule has 3 aromatic rings. The summed E-state index contributed by atoms with van der Waals surface area (Å²) >= 11 is 0. The van der Waals surface area contributed by atoms with Gasteiger partial charge in [-0.2, -0.15) is 5.10 Å². The molecular formula is C18H21FN4O. The molecule has 0 spiro atoms. The maximum atomic E-state index is 14.4. The van der Waals surface area contributed by atoms with Crippen LogP contribution in [-0.4, -0.2) is 27.2 Å². The van der Waals surface area contributed by atoms with Crippen molar-refractivity contribution in [2.75, 3.05) is 6.61 Å². The molecule has 0 bridgehead atoms. The fraction of sp³-hybridized carbons (Fsp3) is 0.333. The lowest BCUT2D eigenvalue weighted by Gasteiger charge is -2.15.